The van der Waals surface area contributed by atoms with Gasteiger partial charge in [0.2, 0.25) is 0 Å². The Hall–Kier alpha value is -2.20. The topological polar surface area (TPSA) is 33.2 Å². The quantitative estimate of drug-likeness (QED) is 0.656. The molecule has 4 heteroatoms. The molecule has 1 aromatic heterocycles. The zero-order valence-corrected chi connectivity index (χ0v) is 15.5. The minimum absolute atomic E-state index is 0.151. The number of rotatable bonds is 2. The van der Waals surface area contributed by atoms with Crippen LogP contribution in [0.2, 0.25) is 0 Å². The highest BCUT2D eigenvalue weighted by Gasteiger charge is 2.27. The molecule has 2 heterocycles. The van der Waals surface area contributed by atoms with Gasteiger partial charge in [-0.15, -0.1) is 11.3 Å². The average molecular weight is 350 g/mol. The fourth-order valence-corrected chi connectivity index (χ4v) is 4.80. The number of aromatic nitrogens is 1. The van der Waals surface area contributed by atoms with Crippen LogP contribution in [-0.2, 0) is 0 Å². The van der Waals surface area contributed by atoms with E-state index in [0.29, 0.717) is 5.92 Å². The summed E-state index contributed by atoms with van der Waals surface area (Å²) in [5, 5.41) is 1.17. The fourth-order valence-electron chi connectivity index (χ4n) is 3.71. The van der Waals surface area contributed by atoms with E-state index in [-0.39, 0.29) is 5.91 Å². The van der Waals surface area contributed by atoms with Gasteiger partial charge in [0.05, 0.1) is 15.2 Å². The van der Waals surface area contributed by atoms with Crippen molar-refractivity contribution in [1.82, 2.24) is 9.88 Å². The molecule has 4 rings (SSSR count). The Labute approximate surface area is 152 Å². The number of piperidine rings is 1. The van der Waals surface area contributed by atoms with Crippen LogP contribution in [0.4, 0.5) is 0 Å². The van der Waals surface area contributed by atoms with Gasteiger partial charge in [-0.25, -0.2) is 4.98 Å². The van der Waals surface area contributed by atoms with Crippen LogP contribution in [0.5, 0.6) is 0 Å². The zero-order valence-electron chi connectivity index (χ0n) is 14.7. The van der Waals surface area contributed by atoms with E-state index in [0.717, 1.165) is 48.1 Å². The van der Waals surface area contributed by atoms with Gasteiger partial charge in [0.25, 0.3) is 5.91 Å². The maximum atomic E-state index is 13.0. The smallest absolute Gasteiger partial charge is 0.253 e. The number of benzene rings is 2. The number of aryl methyl sites for hydroxylation is 2. The van der Waals surface area contributed by atoms with Gasteiger partial charge < -0.3 is 4.90 Å². The molecule has 3 aromatic rings. The molecular weight excluding hydrogens is 328 g/mol. The Morgan fingerprint density at radius 2 is 1.92 bits per heavy atom. The molecule has 0 aliphatic carbocycles. The number of para-hydroxylation sites is 1. The summed E-state index contributed by atoms with van der Waals surface area (Å²) in [5.74, 6) is 0.499. The van der Waals surface area contributed by atoms with Crippen molar-refractivity contribution in [3.63, 3.8) is 0 Å². The Balaban J connectivity index is 1.57. The Bertz CT molecular complexity index is 877. The van der Waals surface area contributed by atoms with Crippen molar-refractivity contribution >= 4 is 27.5 Å². The van der Waals surface area contributed by atoms with Crippen molar-refractivity contribution in [2.75, 3.05) is 13.1 Å². The molecule has 0 bridgehead atoms. The molecule has 1 atom stereocenters. The van der Waals surface area contributed by atoms with E-state index in [9.17, 15) is 4.79 Å². The van der Waals surface area contributed by atoms with E-state index in [1.807, 2.05) is 36.9 Å². The summed E-state index contributed by atoms with van der Waals surface area (Å²) >= 11 is 1.77. The predicted molar refractivity (Wildman–Crippen MR) is 103 cm³/mol. The van der Waals surface area contributed by atoms with E-state index in [2.05, 4.69) is 24.3 Å². The van der Waals surface area contributed by atoms with Crippen LogP contribution in [0, 0.1) is 13.8 Å². The SMILES string of the molecule is Cc1cc(C)cc(C(=O)N2CCC[C@H](c3nc4ccccc4s3)C2)c1. The molecule has 2 aromatic carbocycles. The highest BCUT2D eigenvalue weighted by atomic mass is 32.1. The maximum absolute atomic E-state index is 13.0. The molecule has 1 aliphatic heterocycles. The second kappa shape index (κ2) is 6.60. The molecule has 0 N–H and O–H groups in total. The van der Waals surface area contributed by atoms with E-state index >= 15 is 0 Å². The fraction of sp³-hybridized carbons (Fsp3) is 0.333. The summed E-state index contributed by atoms with van der Waals surface area (Å²) in [7, 11) is 0. The molecule has 0 saturated carbocycles. The second-order valence-electron chi connectivity index (χ2n) is 6.99. The largest absolute Gasteiger partial charge is 0.338 e. The molecule has 1 aliphatic rings. The van der Waals surface area contributed by atoms with Gasteiger partial charge in [-0.05, 0) is 51.0 Å². The van der Waals surface area contributed by atoms with Crippen LogP contribution in [0.3, 0.4) is 0 Å². The van der Waals surface area contributed by atoms with Crippen molar-refractivity contribution < 1.29 is 4.79 Å². The molecule has 25 heavy (non-hydrogen) atoms. The summed E-state index contributed by atoms with van der Waals surface area (Å²) < 4.78 is 1.23. The number of hydrogen-bond acceptors (Lipinski definition) is 3. The number of carbonyl (C=O) groups excluding carboxylic acids is 1. The number of likely N-dealkylation sites (tertiary alicyclic amines) is 1. The van der Waals surface area contributed by atoms with Gasteiger partial charge in [-0.1, -0.05) is 29.3 Å². The molecular formula is C21H22N2OS. The Kier molecular flexibility index (Phi) is 4.30. The van der Waals surface area contributed by atoms with E-state index in [1.54, 1.807) is 11.3 Å². The minimum atomic E-state index is 0.151. The normalized spacial score (nSPS) is 17.8. The third-order valence-corrected chi connectivity index (χ3v) is 6.04. The van der Waals surface area contributed by atoms with Gasteiger partial charge in [0.15, 0.2) is 0 Å². The maximum Gasteiger partial charge on any atom is 0.253 e. The Morgan fingerprint density at radius 1 is 1.16 bits per heavy atom. The number of fused-ring (bicyclic) bond motifs is 1. The average Bonchev–Trinajstić information content (AvgIpc) is 3.04. The first kappa shape index (κ1) is 16.3. The van der Waals surface area contributed by atoms with Gasteiger partial charge in [0.1, 0.15) is 0 Å². The Morgan fingerprint density at radius 3 is 2.68 bits per heavy atom. The van der Waals surface area contributed by atoms with Crippen LogP contribution >= 0.6 is 11.3 Å². The van der Waals surface area contributed by atoms with Crippen molar-refractivity contribution in [1.29, 1.82) is 0 Å². The first-order chi connectivity index (χ1) is 12.1. The summed E-state index contributed by atoms with van der Waals surface area (Å²) in [4.78, 5) is 19.8. The van der Waals surface area contributed by atoms with Crippen LogP contribution in [0.15, 0.2) is 42.5 Å². The zero-order chi connectivity index (χ0) is 17.4. The molecule has 1 saturated heterocycles. The molecule has 128 valence electrons. The minimum Gasteiger partial charge on any atom is -0.338 e. The van der Waals surface area contributed by atoms with E-state index < -0.39 is 0 Å². The third kappa shape index (κ3) is 3.31. The van der Waals surface area contributed by atoms with Gasteiger partial charge in [-0.2, -0.15) is 0 Å². The molecule has 1 amide bonds. The van der Waals surface area contributed by atoms with Gasteiger partial charge in [0, 0.05) is 24.6 Å². The molecule has 0 radical (unpaired) electrons. The van der Waals surface area contributed by atoms with E-state index in [1.165, 1.54) is 9.71 Å². The number of amides is 1. The standard InChI is InChI=1S/C21H22N2OS/c1-14-10-15(2)12-17(11-14)21(24)23-9-5-6-16(13-23)20-22-18-7-3-4-8-19(18)25-20/h3-4,7-8,10-12,16H,5-6,9,13H2,1-2H3/t16-/m0/s1. The summed E-state index contributed by atoms with van der Waals surface area (Å²) in [5.41, 5.74) is 4.16. The number of carbonyl (C=O) groups is 1. The number of hydrogen-bond donors (Lipinski definition) is 0. The van der Waals surface area contributed by atoms with Crippen LogP contribution < -0.4 is 0 Å². The highest BCUT2D eigenvalue weighted by Crippen LogP contribution is 2.33. The third-order valence-electron chi connectivity index (χ3n) is 4.84. The molecule has 1 fully saturated rings. The summed E-state index contributed by atoms with van der Waals surface area (Å²) in [6, 6.07) is 14.4. The lowest BCUT2D eigenvalue weighted by Crippen LogP contribution is -2.39. The van der Waals surface area contributed by atoms with Crippen LogP contribution in [-0.4, -0.2) is 28.9 Å². The van der Waals surface area contributed by atoms with Gasteiger partial charge >= 0.3 is 0 Å². The molecule has 3 nitrogen and oxygen atoms in total. The van der Waals surface area contributed by atoms with Crippen molar-refractivity contribution in [2.45, 2.75) is 32.6 Å². The van der Waals surface area contributed by atoms with Crippen LogP contribution in [0.25, 0.3) is 10.2 Å². The number of nitrogens with zero attached hydrogens (tertiary/aromatic N) is 2. The lowest BCUT2D eigenvalue weighted by Gasteiger charge is -2.32. The lowest BCUT2D eigenvalue weighted by molar-refractivity contribution is 0.0707. The first-order valence-corrected chi connectivity index (χ1v) is 9.65. The number of thiazole rings is 1. The molecule has 0 spiro atoms. The van der Waals surface area contributed by atoms with Crippen molar-refractivity contribution in [3.8, 4) is 0 Å². The highest BCUT2D eigenvalue weighted by molar-refractivity contribution is 7.18. The second-order valence-corrected chi connectivity index (χ2v) is 8.05. The van der Waals surface area contributed by atoms with E-state index in [4.69, 9.17) is 4.98 Å². The summed E-state index contributed by atoms with van der Waals surface area (Å²) in [6.07, 6.45) is 2.15. The van der Waals surface area contributed by atoms with Crippen molar-refractivity contribution in [2.24, 2.45) is 0 Å². The summed E-state index contributed by atoms with van der Waals surface area (Å²) in [6.45, 7) is 5.70. The predicted octanol–water partition coefficient (Wildman–Crippen LogP) is 4.93. The monoisotopic (exact) mass is 350 g/mol. The first-order valence-electron chi connectivity index (χ1n) is 8.83. The lowest BCUT2D eigenvalue weighted by atomic mass is 9.97. The van der Waals surface area contributed by atoms with Gasteiger partial charge in [-0.3, -0.25) is 4.79 Å². The molecule has 0 unspecified atom stereocenters. The van der Waals surface area contributed by atoms with Crippen molar-refractivity contribution in [3.05, 3.63) is 64.2 Å². The van der Waals surface area contributed by atoms with Crippen LogP contribution in [0.1, 0.15) is 45.3 Å².